The number of nitrogens with two attached hydrogens (primary N) is 1. The third-order valence-electron chi connectivity index (χ3n) is 1.93. The predicted molar refractivity (Wildman–Crippen MR) is 50.9 cm³/mol. The van der Waals surface area contributed by atoms with Crippen molar-refractivity contribution in [1.29, 1.82) is 0 Å². The Kier molecular flexibility index (Phi) is 3.00. The van der Waals surface area contributed by atoms with Crippen LogP contribution in [-0.2, 0) is 6.42 Å². The first-order valence-corrected chi connectivity index (χ1v) is 4.18. The third kappa shape index (κ3) is 2.38. The maximum Gasteiger partial charge on any atom is 0.256 e. The maximum atomic E-state index is 12.4. The smallest absolute Gasteiger partial charge is 0.256 e. The van der Waals surface area contributed by atoms with E-state index in [0.29, 0.717) is 5.56 Å². The van der Waals surface area contributed by atoms with Crippen LogP contribution in [0.2, 0.25) is 0 Å². The average molecular weight is 201 g/mol. The van der Waals surface area contributed by atoms with Crippen LogP contribution in [0.15, 0.2) is 19.0 Å². The van der Waals surface area contributed by atoms with Gasteiger partial charge in [-0.15, -0.1) is 0 Å². The van der Waals surface area contributed by atoms with Crippen LogP contribution in [0.25, 0.3) is 6.20 Å². The average Bonchev–Trinajstić information content (AvgIpc) is 2.51. The van der Waals surface area contributed by atoms with Crippen molar-refractivity contribution in [2.24, 2.45) is 5.73 Å². The lowest BCUT2D eigenvalue weighted by molar-refractivity contribution is 0.0639. The van der Waals surface area contributed by atoms with Gasteiger partial charge in [-0.25, -0.2) is 13.5 Å². The van der Waals surface area contributed by atoms with Crippen LogP contribution in [0.5, 0.6) is 0 Å². The molecule has 1 unspecified atom stereocenters. The van der Waals surface area contributed by atoms with Crippen LogP contribution in [0.1, 0.15) is 12.5 Å². The monoisotopic (exact) mass is 201 g/mol. The van der Waals surface area contributed by atoms with E-state index in [4.69, 9.17) is 5.73 Å². The second-order valence-corrected chi connectivity index (χ2v) is 3.49. The minimum Gasteiger partial charge on any atom is -0.320 e. The van der Waals surface area contributed by atoms with Gasteiger partial charge in [0, 0.05) is 12.4 Å². The Hall–Kier alpha value is -1.23. The highest BCUT2D eigenvalue weighted by Crippen LogP contribution is 2.17. The van der Waals surface area contributed by atoms with Crippen molar-refractivity contribution in [3.63, 3.8) is 0 Å². The van der Waals surface area contributed by atoms with Crippen LogP contribution < -0.4 is 5.73 Å². The number of hydrogen-bond donors (Lipinski definition) is 1. The Morgan fingerprint density at radius 2 is 2.43 bits per heavy atom. The fourth-order valence-corrected chi connectivity index (χ4v) is 1.09. The Morgan fingerprint density at radius 1 is 1.79 bits per heavy atom. The van der Waals surface area contributed by atoms with Gasteiger partial charge in [-0.1, -0.05) is 6.58 Å². The SMILES string of the molecule is C=Cn1cc(CC(C)(N)C(F)F)cn1. The van der Waals surface area contributed by atoms with Gasteiger partial charge in [0.2, 0.25) is 0 Å². The molecule has 0 aliphatic heterocycles. The number of alkyl halides is 2. The molecule has 1 aromatic heterocycles. The van der Waals surface area contributed by atoms with Crippen LogP contribution in [0.4, 0.5) is 8.78 Å². The molecule has 3 nitrogen and oxygen atoms in total. The molecule has 0 radical (unpaired) electrons. The summed E-state index contributed by atoms with van der Waals surface area (Å²) in [6.07, 6.45) is 2.17. The Labute approximate surface area is 81.2 Å². The highest BCUT2D eigenvalue weighted by atomic mass is 19.3. The van der Waals surface area contributed by atoms with Crippen LogP contribution in [0, 0.1) is 0 Å². The summed E-state index contributed by atoms with van der Waals surface area (Å²) in [5, 5.41) is 3.88. The van der Waals surface area contributed by atoms with E-state index in [9.17, 15) is 8.78 Å². The lowest BCUT2D eigenvalue weighted by Gasteiger charge is -2.22. The van der Waals surface area contributed by atoms with Gasteiger partial charge in [-0.2, -0.15) is 5.10 Å². The summed E-state index contributed by atoms with van der Waals surface area (Å²) < 4.78 is 26.3. The normalized spacial score (nSPS) is 15.5. The van der Waals surface area contributed by atoms with E-state index >= 15 is 0 Å². The molecule has 0 spiro atoms. The molecular formula is C9H13F2N3. The zero-order valence-electron chi connectivity index (χ0n) is 7.95. The van der Waals surface area contributed by atoms with Crippen molar-refractivity contribution in [1.82, 2.24) is 9.78 Å². The molecule has 0 amide bonds. The Bertz CT molecular complexity index is 318. The van der Waals surface area contributed by atoms with Crippen molar-refractivity contribution in [2.75, 3.05) is 0 Å². The maximum absolute atomic E-state index is 12.4. The molecule has 1 heterocycles. The van der Waals surface area contributed by atoms with Gasteiger partial charge in [-0.05, 0) is 18.9 Å². The molecule has 2 N–H and O–H groups in total. The largest absolute Gasteiger partial charge is 0.320 e. The van der Waals surface area contributed by atoms with Gasteiger partial charge in [0.25, 0.3) is 6.43 Å². The van der Waals surface area contributed by atoms with Crippen molar-refractivity contribution < 1.29 is 8.78 Å². The van der Waals surface area contributed by atoms with Gasteiger partial charge in [0.05, 0.1) is 11.7 Å². The summed E-state index contributed by atoms with van der Waals surface area (Å²) in [4.78, 5) is 0. The number of nitrogens with zero attached hydrogens (tertiary/aromatic N) is 2. The molecule has 0 saturated carbocycles. The Balaban J connectivity index is 2.73. The van der Waals surface area contributed by atoms with Crippen molar-refractivity contribution in [3.8, 4) is 0 Å². The molecule has 0 fully saturated rings. The predicted octanol–water partition coefficient (Wildman–Crippen LogP) is 1.51. The lowest BCUT2D eigenvalue weighted by Crippen LogP contribution is -2.45. The molecule has 0 saturated heterocycles. The summed E-state index contributed by atoms with van der Waals surface area (Å²) in [7, 11) is 0. The summed E-state index contributed by atoms with van der Waals surface area (Å²) in [6, 6.07) is 0. The standard InChI is InChI=1S/C9H13F2N3/c1-3-14-6-7(5-13-14)4-9(2,12)8(10)11/h3,5-6,8H,1,4,12H2,2H3. The molecule has 1 atom stereocenters. The second-order valence-electron chi connectivity index (χ2n) is 3.49. The first-order chi connectivity index (χ1) is 6.45. The fourth-order valence-electron chi connectivity index (χ4n) is 1.09. The first kappa shape index (κ1) is 10.8. The summed E-state index contributed by atoms with van der Waals surface area (Å²) in [5.41, 5.74) is 4.60. The fraction of sp³-hybridized carbons (Fsp3) is 0.444. The van der Waals surface area contributed by atoms with E-state index < -0.39 is 12.0 Å². The quantitative estimate of drug-likeness (QED) is 0.802. The Morgan fingerprint density at radius 3 is 2.86 bits per heavy atom. The number of rotatable bonds is 4. The van der Waals surface area contributed by atoms with E-state index in [1.165, 1.54) is 24.0 Å². The van der Waals surface area contributed by atoms with E-state index in [0.717, 1.165) is 0 Å². The molecule has 0 aliphatic rings. The van der Waals surface area contributed by atoms with E-state index in [1.54, 1.807) is 6.20 Å². The van der Waals surface area contributed by atoms with Crippen LogP contribution in [-0.4, -0.2) is 21.7 Å². The van der Waals surface area contributed by atoms with Gasteiger partial charge in [0.1, 0.15) is 0 Å². The molecular weight excluding hydrogens is 188 g/mol. The van der Waals surface area contributed by atoms with Gasteiger partial charge >= 0.3 is 0 Å². The highest BCUT2D eigenvalue weighted by Gasteiger charge is 2.30. The molecule has 0 aliphatic carbocycles. The molecule has 5 heteroatoms. The third-order valence-corrected chi connectivity index (χ3v) is 1.93. The van der Waals surface area contributed by atoms with E-state index in [1.807, 2.05) is 0 Å². The lowest BCUT2D eigenvalue weighted by atomic mass is 9.96. The topological polar surface area (TPSA) is 43.8 Å². The van der Waals surface area contributed by atoms with Crippen LogP contribution >= 0.6 is 0 Å². The molecule has 0 bridgehead atoms. The zero-order chi connectivity index (χ0) is 10.8. The van der Waals surface area contributed by atoms with Crippen molar-refractivity contribution in [3.05, 3.63) is 24.5 Å². The van der Waals surface area contributed by atoms with E-state index in [2.05, 4.69) is 11.7 Å². The molecule has 14 heavy (non-hydrogen) atoms. The van der Waals surface area contributed by atoms with Gasteiger partial charge in [-0.3, -0.25) is 0 Å². The number of halogens is 2. The minimum atomic E-state index is -2.55. The summed E-state index contributed by atoms with van der Waals surface area (Å²) in [6.45, 7) is 4.82. The van der Waals surface area contributed by atoms with Crippen molar-refractivity contribution >= 4 is 6.20 Å². The molecule has 1 aromatic rings. The van der Waals surface area contributed by atoms with Crippen LogP contribution in [0.3, 0.4) is 0 Å². The second kappa shape index (κ2) is 3.88. The summed E-state index contributed by atoms with van der Waals surface area (Å²) in [5.74, 6) is 0. The molecule has 1 rings (SSSR count). The van der Waals surface area contributed by atoms with Crippen molar-refractivity contribution in [2.45, 2.75) is 25.3 Å². The highest BCUT2D eigenvalue weighted by molar-refractivity contribution is 5.19. The summed E-state index contributed by atoms with van der Waals surface area (Å²) >= 11 is 0. The van der Waals surface area contributed by atoms with E-state index in [-0.39, 0.29) is 6.42 Å². The number of hydrogen-bond acceptors (Lipinski definition) is 2. The number of aromatic nitrogens is 2. The molecule has 78 valence electrons. The van der Waals surface area contributed by atoms with Gasteiger partial charge < -0.3 is 5.73 Å². The molecule has 0 aromatic carbocycles. The van der Waals surface area contributed by atoms with Gasteiger partial charge in [0.15, 0.2) is 0 Å². The zero-order valence-corrected chi connectivity index (χ0v) is 7.95. The minimum absolute atomic E-state index is 0.0957. The first-order valence-electron chi connectivity index (χ1n) is 4.18.